The van der Waals surface area contributed by atoms with E-state index in [0.29, 0.717) is 46.6 Å². The van der Waals surface area contributed by atoms with Gasteiger partial charge in [-0.15, -0.1) is 11.3 Å². The molecule has 0 radical (unpaired) electrons. The van der Waals surface area contributed by atoms with Crippen LogP contribution < -0.4 is 20.1 Å². The van der Waals surface area contributed by atoms with Gasteiger partial charge in [0.25, 0.3) is 0 Å². The van der Waals surface area contributed by atoms with E-state index in [1.165, 1.54) is 11.3 Å². The second-order valence-electron chi connectivity index (χ2n) is 7.17. The van der Waals surface area contributed by atoms with Gasteiger partial charge < -0.3 is 24.6 Å². The summed E-state index contributed by atoms with van der Waals surface area (Å²) in [4.78, 5) is 28.7. The Kier molecular flexibility index (Phi) is 4.43. The van der Waals surface area contributed by atoms with Gasteiger partial charge in [0.1, 0.15) is 0 Å². The maximum Gasteiger partial charge on any atom is 0.238 e. The third-order valence-electron chi connectivity index (χ3n) is 5.23. The minimum absolute atomic E-state index is 0.129. The summed E-state index contributed by atoms with van der Waals surface area (Å²) in [5.41, 5.74) is 1.29. The lowest BCUT2D eigenvalue weighted by Crippen LogP contribution is -2.28. The quantitative estimate of drug-likeness (QED) is 0.622. The van der Waals surface area contributed by atoms with Gasteiger partial charge in [0.15, 0.2) is 22.4 Å². The van der Waals surface area contributed by atoms with Gasteiger partial charge in [0.05, 0.1) is 23.2 Å². The number of rotatable bonds is 6. The number of amides is 2. The van der Waals surface area contributed by atoms with Crippen LogP contribution in [0.3, 0.4) is 0 Å². The predicted molar refractivity (Wildman–Crippen MR) is 107 cm³/mol. The Bertz CT molecular complexity index is 1130. The normalized spacial score (nSPS) is 15.6. The molecule has 0 bridgehead atoms. The van der Waals surface area contributed by atoms with Crippen molar-refractivity contribution in [3.63, 3.8) is 0 Å². The van der Waals surface area contributed by atoms with Crippen molar-refractivity contribution in [2.75, 3.05) is 19.2 Å². The summed E-state index contributed by atoms with van der Waals surface area (Å²) in [6.07, 6.45) is 1.54. The molecule has 5 rings (SSSR count). The fraction of sp³-hybridized carbons (Fsp3) is 0.300. The van der Waals surface area contributed by atoms with E-state index in [1.54, 1.807) is 18.5 Å². The SMILES string of the molecule is CNC(=O)Cc1csc(NC(=O)C2(c3cc(-c4ccc5c(c4)OCO5)on3)CC2)n1. The molecule has 1 aliphatic carbocycles. The lowest BCUT2D eigenvalue weighted by atomic mass is 10.0. The molecule has 2 aromatic heterocycles. The van der Waals surface area contributed by atoms with E-state index >= 15 is 0 Å². The number of carbonyl (C=O) groups excluding carboxylic acids is 2. The van der Waals surface area contributed by atoms with Gasteiger partial charge >= 0.3 is 0 Å². The summed E-state index contributed by atoms with van der Waals surface area (Å²) in [5.74, 6) is 1.60. The summed E-state index contributed by atoms with van der Waals surface area (Å²) in [6, 6.07) is 7.30. The molecule has 0 saturated heterocycles. The summed E-state index contributed by atoms with van der Waals surface area (Å²) >= 11 is 1.29. The molecule has 9 nitrogen and oxygen atoms in total. The lowest BCUT2D eigenvalue weighted by molar-refractivity contribution is -0.120. The van der Waals surface area contributed by atoms with E-state index in [9.17, 15) is 9.59 Å². The highest BCUT2D eigenvalue weighted by Crippen LogP contribution is 2.49. The Morgan fingerprint density at radius 3 is 2.83 bits per heavy atom. The van der Waals surface area contributed by atoms with Gasteiger partial charge in [0.2, 0.25) is 18.6 Å². The molecule has 2 aliphatic rings. The molecule has 2 amide bonds. The molecular formula is C20H18N4O5S. The number of nitrogens with one attached hydrogen (secondary N) is 2. The van der Waals surface area contributed by atoms with E-state index in [0.717, 1.165) is 5.56 Å². The summed E-state index contributed by atoms with van der Waals surface area (Å²) < 4.78 is 16.2. The topological polar surface area (TPSA) is 116 Å². The average molecular weight is 426 g/mol. The van der Waals surface area contributed by atoms with Crippen LogP contribution in [-0.2, 0) is 21.4 Å². The van der Waals surface area contributed by atoms with Gasteiger partial charge in [-0.3, -0.25) is 9.59 Å². The zero-order valence-corrected chi connectivity index (χ0v) is 16.9. The average Bonchev–Trinajstić information content (AvgIpc) is 3.12. The van der Waals surface area contributed by atoms with Crippen molar-refractivity contribution in [2.45, 2.75) is 24.7 Å². The molecule has 2 N–H and O–H groups in total. The third-order valence-corrected chi connectivity index (χ3v) is 6.04. The van der Waals surface area contributed by atoms with Crippen molar-refractivity contribution < 1.29 is 23.6 Å². The van der Waals surface area contributed by atoms with Crippen molar-refractivity contribution in [1.29, 1.82) is 0 Å². The first-order valence-electron chi connectivity index (χ1n) is 9.41. The highest BCUT2D eigenvalue weighted by atomic mass is 32.1. The monoisotopic (exact) mass is 426 g/mol. The Morgan fingerprint density at radius 2 is 2.03 bits per heavy atom. The Balaban J connectivity index is 1.31. The van der Waals surface area contributed by atoms with Gasteiger partial charge in [0, 0.05) is 24.1 Å². The molecular weight excluding hydrogens is 408 g/mol. The minimum Gasteiger partial charge on any atom is -0.454 e. The standard InChI is InChI=1S/C20H18N4O5S/c1-21-17(25)7-12-9-30-19(22-12)23-18(26)20(4-5-20)16-8-14(29-24-16)11-2-3-13-15(6-11)28-10-27-13/h2-3,6,8-9H,4-5,7,10H2,1H3,(H,21,25)(H,22,23,26). The molecule has 1 fully saturated rings. The Morgan fingerprint density at radius 1 is 1.20 bits per heavy atom. The van der Waals surface area contributed by atoms with Gasteiger partial charge in [-0.25, -0.2) is 4.98 Å². The van der Waals surface area contributed by atoms with Crippen LogP contribution in [0.2, 0.25) is 0 Å². The maximum atomic E-state index is 12.9. The molecule has 30 heavy (non-hydrogen) atoms. The van der Waals surface area contributed by atoms with Crippen molar-refractivity contribution in [3.05, 3.63) is 41.0 Å². The van der Waals surface area contributed by atoms with Gasteiger partial charge in [-0.1, -0.05) is 5.16 Å². The maximum absolute atomic E-state index is 12.9. The number of carbonyl (C=O) groups is 2. The number of benzene rings is 1. The van der Waals surface area contributed by atoms with Gasteiger partial charge in [-0.05, 0) is 31.0 Å². The molecule has 0 spiro atoms. The molecule has 154 valence electrons. The number of ether oxygens (including phenoxy) is 2. The van der Waals surface area contributed by atoms with Crippen LogP contribution in [0.15, 0.2) is 34.2 Å². The number of likely N-dealkylation sites (N-methyl/N-ethyl adjacent to an activating group) is 1. The molecule has 1 saturated carbocycles. The van der Waals surface area contributed by atoms with Crippen LogP contribution in [0.25, 0.3) is 11.3 Å². The van der Waals surface area contributed by atoms with Crippen molar-refractivity contribution >= 4 is 28.3 Å². The number of aromatic nitrogens is 2. The number of hydrogen-bond acceptors (Lipinski definition) is 8. The fourth-order valence-corrected chi connectivity index (χ4v) is 4.03. The molecule has 0 unspecified atom stereocenters. The number of anilines is 1. The first-order valence-corrected chi connectivity index (χ1v) is 10.3. The summed E-state index contributed by atoms with van der Waals surface area (Å²) in [5, 5.41) is 11.8. The zero-order valence-electron chi connectivity index (χ0n) is 16.1. The molecule has 3 aromatic rings. The minimum atomic E-state index is -0.718. The second-order valence-corrected chi connectivity index (χ2v) is 8.03. The molecule has 0 atom stereocenters. The van der Waals surface area contributed by atoms with Crippen molar-refractivity contribution in [3.8, 4) is 22.8 Å². The zero-order chi connectivity index (χ0) is 20.7. The van der Waals surface area contributed by atoms with E-state index in [1.807, 2.05) is 18.2 Å². The predicted octanol–water partition coefficient (Wildman–Crippen LogP) is 2.49. The summed E-state index contributed by atoms with van der Waals surface area (Å²) in [7, 11) is 1.57. The third kappa shape index (κ3) is 3.28. The van der Waals surface area contributed by atoms with Crippen LogP contribution in [0, 0.1) is 0 Å². The van der Waals surface area contributed by atoms with Crippen molar-refractivity contribution in [2.24, 2.45) is 0 Å². The van der Waals surface area contributed by atoms with E-state index in [2.05, 4.69) is 20.8 Å². The van der Waals surface area contributed by atoms with Crippen LogP contribution in [0.1, 0.15) is 24.2 Å². The first-order chi connectivity index (χ1) is 14.6. The smallest absolute Gasteiger partial charge is 0.238 e. The number of thiazole rings is 1. The molecule has 1 aromatic carbocycles. The molecule has 3 heterocycles. The van der Waals surface area contributed by atoms with Crippen LogP contribution in [0.5, 0.6) is 11.5 Å². The Labute approximate surface area is 175 Å². The second kappa shape index (κ2) is 7.13. The fourth-order valence-electron chi connectivity index (χ4n) is 3.33. The number of nitrogens with zero attached hydrogens (tertiary/aromatic N) is 2. The number of hydrogen-bond donors (Lipinski definition) is 2. The summed E-state index contributed by atoms with van der Waals surface area (Å²) in [6.45, 7) is 0.200. The number of fused-ring (bicyclic) bond motifs is 1. The Hall–Kier alpha value is -3.40. The van der Waals surface area contributed by atoms with Gasteiger partial charge in [-0.2, -0.15) is 0 Å². The van der Waals surface area contributed by atoms with Crippen LogP contribution in [-0.4, -0.2) is 35.8 Å². The van der Waals surface area contributed by atoms with E-state index in [4.69, 9.17) is 14.0 Å². The molecule has 10 heteroatoms. The van der Waals surface area contributed by atoms with Crippen molar-refractivity contribution in [1.82, 2.24) is 15.5 Å². The largest absolute Gasteiger partial charge is 0.454 e. The highest BCUT2D eigenvalue weighted by molar-refractivity contribution is 7.14. The van der Waals surface area contributed by atoms with Crippen LogP contribution in [0.4, 0.5) is 5.13 Å². The van der Waals surface area contributed by atoms with E-state index in [-0.39, 0.29) is 25.0 Å². The highest BCUT2D eigenvalue weighted by Gasteiger charge is 2.54. The van der Waals surface area contributed by atoms with Crippen LogP contribution >= 0.6 is 11.3 Å². The first kappa shape index (κ1) is 18.6. The lowest BCUT2D eigenvalue weighted by Gasteiger charge is -2.10. The molecule has 1 aliphatic heterocycles. The van der Waals surface area contributed by atoms with E-state index < -0.39 is 5.41 Å².